The number of H-pyrrole nitrogens is 1. The molecular weight excluding hydrogens is 346 g/mol. The van der Waals surface area contributed by atoms with Crippen LogP contribution in [0.3, 0.4) is 0 Å². The average molecular weight is 363 g/mol. The van der Waals surface area contributed by atoms with Gasteiger partial charge < -0.3 is 20.1 Å². The first-order valence-corrected chi connectivity index (χ1v) is 8.40. The molecule has 136 valence electrons. The molecule has 1 aromatic carbocycles. The normalized spacial score (nSPS) is 15.6. The van der Waals surface area contributed by atoms with Gasteiger partial charge in [-0.05, 0) is 23.3 Å². The number of nitrogens with one attached hydrogen (secondary N) is 1. The van der Waals surface area contributed by atoms with Crippen molar-refractivity contribution in [2.24, 2.45) is 5.73 Å². The molecule has 1 atom stereocenters. The Morgan fingerprint density at radius 2 is 2.15 bits per heavy atom. The predicted molar refractivity (Wildman–Crippen MR) is 97.0 cm³/mol. The molecule has 0 saturated heterocycles. The first-order valence-electron chi connectivity index (χ1n) is 8.40. The third-order valence-corrected chi connectivity index (χ3v) is 4.51. The highest BCUT2D eigenvalue weighted by Gasteiger charge is 2.28. The number of aromatic amines is 1. The van der Waals surface area contributed by atoms with E-state index >= 15 is 0 Å². The lowest BCUT2D eigenvalue weighted by atomic mass is 9.94. The van der Waals surface area contributed by atoms with Gasteiger partial charge in [0.1, 0.15) is 0 Å². The van der Waals surface area contributed by atoms with E-state index < -0.39 is 5.91 Å². The van der Waals surface area contributed by atoms with E-state index in [4.69, 9.17) is 10.3 Å². The van der Waals surface area contributed by atoms with Crippen molar-refractivity contribution in [3.8, 4) is 11.5 Å². The minimum absolute atomic E-state index is 0.0686. The van der Waals surface area contributed by atoms with Crippen LogP contribution in [-0.4, -0.2) is 31.8 Å². The summed E-state index contributed by atoms with van der Waals surface area (Å²) in [5, 5.41) is 3.96. The number of hydrogen-bond donors (Lipinski definition) is 2. The largest absolute Gasteiger partial charge is 0.366 e. The van der Waals surface area contributed by atoms with Gasteiger partial charge in [-0.25, -0.2) is 0 Å². The topological polar surface area (TPSA) is 118 Å². The minimum Gasteiger partial charge on any atom is -0.366 e. The zero-order valence-electron chi connectivity index (χ0n) is 14.5. The van der Waals surface area contributed by atoms with E-state index in [1.54, 1.807) is 17.2 Å². The van der Waals surface area contributed by atoms with Crippen molar-refractivity contribution in [2.75, 3.05) is 0 Å². The molecule has 0 saturated carbocycles. The highest BCUT2D eigenvalue weighted by atomic mass is 16.5. The van der Waals surface area contributed by atoms with Crippen molar-refractivity contribution in [1.29, 1.82) is 0 Å². The zero-order valence-corrected chi connectivity index (χ0v) is 14.5. The second-order valence-corrected chi connectivity index (χ2v) is 6.27. The van der Waals surface area contributed by atoms with Gasteiger partial charge in [0.15, 0.2) is 0 Å². The van der Waals surface area contributed by atoms with Crippen molar-refractivity contribution in [3.05, 3.63) is 65.3 Å². The second kappa shape index (κ2) is 6.56. The summed E-state index contributed by atoms with van der Waals surface area (Å²) in [7, 11) is 0. The number of carbonyl (C=O) groups excluding carboxylic acids is 2. The maximum atomic E-state index is 12.1. The Morgan fingerprint density at radius 3 is 2.89 bits per heavy atom. The molecule has 0 aliphatic carbocycles. The van der Waals surface area contributed by atoms with Gasteiger partial charge in [-0.15, -0.1) is 0 Å². The number of nitrogens with two attached hydrogens (primary N) is 1. The molecule has 8 heteroatoms. The smallest absolute Gasteiger partial charge is 0.250 e. The van der Waals surface area contributed by atoms with Crippen molar-refractivity contribution in [3.63, 3.8) is 0 Å². The summed E-state index contributed by atoms with van der Waals surface area (Å²) < 4.78 is 5.38. The Hall–Kier alpha value is -3.68. The molecule has 8 nitrogen and oxygen atoms in total. The van der Waals surface area contributed by atoms with Gasteiger partial charge in [-0.3, -0.25) is 9.59 Å². The number of aromatic nitrogens is 3. The number of amides is 2. The van der Waals surface area contributed by atoms with Crippen molar-refractivity contribution < 1.29 is 14.1 Å². The molecular formula is C19H17N5O3. The Balaban J connectivity index is 1.62. The maximum Gasteiger partial charge on any atom is 0.250 e. The Bertz CT molecular complexity index is 1050. The summed E-state index contributed by atoms with van der Waals surface area (Å²) >= 11 is 0. The van der Waals surface area contributed by atoms with E-state index in [9.17, 15) is 9.59 Å². The number of rotatable bonds is 4. The number of primary amides is 1. The Morgan fingerprint density at radius 1 is 1.33 bits per heavy atom. The lowest BCUT2D eigenvalue weighted by molar-refractivity contribution is -0.128. The van der Waals surface area contributed by atoms with Gasteiger partial charge >= 0.3 is 0 Å². The fraction of sp³-hybridized carbons (Fsp3) is 0.158. The van der Waals surface area contributed by atoms with E-state index in [2.05, 4.69) is 15.1 Å². The van der Waals surface area contributed by atoms with E-state index in [1.165, 1.54) is 13.1 Å². The van der Waals surface area contributed by atoms with Crippen molar-refractivity contribution >= 4 is 17.9 Å². The van der Waals surface area contributed by atoms with Crippen molar-refractivity contribution in [1.82, 2.24) is 20.0 Å². The lowest BCUT2D eigenvalue weighted by Gasteiger charge is -2.31. The van der Waals surface area contributed by atoms with E-state index in [0.29, 0.717) is 29.4 Å². The van der Waals surface area contributed by atoms with Crippen LogP contribution in [0.4, 0.5) is 0 Å². The first kappa shape index (κ1) is 16.8. The summed E-state index contributed by atoms with van der Waals surface area (Å²) in [4.78, 5) is 32.2. The van der Waals surface area contributed by atoms with Crippen molar-refractivity contribution in [2.45, 2.75) is 19.4 Å². The highest BCUT2D eigenvalue weighted by molar-refractivity contribution is 5.93. The first-order chi connectivity index (χ1) is 13.0. The minimum atomic E-state index is -0.538. The predicted octanol–water partition coefficient (Wildman–Crippen LogP) is 2.28. The molecule has 3 N–H and O–H groups in total. The molecule has 1 aliphatic heterocycles. The van der Waals surface area contributed by atoms with Crippen LogP contribution in [0.15, 0.2) is 47.3 Å². The molecule has 1 unspecified atom stereocenters. The number of carbonyl (C=O) groups is 2. The molecule has 0 spiro atoms. The molecule has 0 fully saturated rings. The van der Waals surface area contributed by atoms with Crippen LogP contribution in [0, 0.1) is 0 Å². The van der Waals surface area contributed by atoms with Gasteiger partial charge in [0.25, 0.3) is 0 Å². The molecule has 4 rings (SSSR count). The van der Waals surface area contributed by atoms with Crippen LogP contribution < -0.4 is 5.73 Å². The van der Waals surface area contributed by atoms with Crippen LogP contribution in [0.1, 0.15) is 40.3 Å². The summed E-state index contributed by atoms with van der Waals surface area (Å²) in [5.74, 6) is 0.109. The molecule has 0 radical (unpaired) electrons. The van der Waals surface area contributed by atoms with Crippen LogP contribution in [0.5, 0.6) is 0 Å². The molecule has 27 heavy (non-hydrogen) atoms. The fourth-order valence-electron chi connectivity index (χ4n) is 3.19. The van der Waals surface area contributed by atoms with Gasteiger partial charge in [-0.2, -0.15) is 4.98 Å². The van der Waals surface area contributed by atoms with E-state index in [-0.39, 0.29) is 11.9 Å². The number of benzene rings is 1. The summed E-state index contributed by atoms with van der Waals surface area (Å²) in [6.07, 6.45) is 5.55. The van der Waals surface area contributed by atoms with E-state index in [1.807, 2.05) is 30.3 Å². The Kier molecular flexibility index (Phi) is 4.08. The van der Waals surface area contributed by atoms with E-state index in [0.717, 1.165) is 11.1 Å². The number of fused-ring (bicyclic) bond motifs is 1. The highest BCUT2D eigenvalue weighted by Crippen LogP contribution is 2.33. The monoisotopic (exact) mass is 363 g/mol. The third kappa shape index (κ3) is 3.12. The standard InChI is InChI=1S/C19H17N5O3/c1-11(25)24-7-6-12-4-2-3-5-14(12)16(24)9-17-22-19(23-27-17)15-8-13(10-21-15)18(20)26/h2-8,10,16,21H,9H2,1H3,(H2,20,26). The van der Waals surface area contributed by atoms with Gasteiger partial charge in [0.05, 0.1) is 23.7 Å². The third-order valence-electron chi connectivity index (χ3n) is 4.51. The van der Waals surface area contributed by atoms with Gasteiger partial charge in [0, 0.05) is 19.3 Å². The lowest BCUT2D eigenvalue weighted by Crippen LogP contribution is -2.32. The summed E-state index contributed by atoms with van der Waals surface area (Å²) in [5.41, 5.74) is 8.20. The van der Waals surface area contributed by atoms with Gasteiger partial charge in [-0.1, -0.05) is 29.4 Å². The fourth-order valence-corrected chi connectivity index (χ4v) is 3.19. The number of nitrogens with zero attached hydrogens (tertiary/aromatic N) is 3. The molecule has 2 aromatic heterocycles. The maximum absolute atomic E-state index is 12.1. The Labute approximate surface area is 154 Å². The molecule has 1 aliphatic rings. The summed E-state index contributed by atoms with van der Waals surface area (Å²) in [6, 6.07) is 9.21. The van der Waals surface area contributed by atoms with Crippen LogP contribution in [0.25, 0.3) is 17.6 Å². The SMILES string of the molecule is CC(=O)N1C=Cc2ccccc2C1Cc1nc(-c2cc(C(N)=O)c[nH]2)no1. The molecule has 3 aromatic rings. The molecule has 0 bridgehead atoms. The molecule has 2 amide bonds. The van der Waals surface area contributed by atoms with Crippen LogP contribution >= 0.6 is 0 Å². The quantitative estimate of drug-likeness (QED) is 0.737. The molecule has 3 heterocycles. The van der Waals surface area contributed by atoms with Crippen LogP contribution in [0.2, 0.25) is 0 Å². The second-order valence-electron chi connectivity index (χ2n) is 6.27. The van der Waals surface area contributed by atoms with Gasteiger partial charge in [0.2, 0.25) is 23.5 Å². The number of hydrogen-bond acceptors (Lipinski definition) is 5. The summed E-state index contributed by atoms with van der Waals surface area (Å²) in [6.45, 7) is 1.52. The average Bonchev–Trinajstić information content (AvgIpc) is 3.31. The van der Waals surface area contributed by atoms with Crippen LogP contribution in [-0.2, 0) is 11.2 Å². The zero-order chi connectivity index (χ0) is 19.0.